The molecule has 1 aliphatic carbocycles. The minimum Gasteiger partial charge on any atom is -0.362 e. The van der Waals surface area contributed by atoms with Crippen LogP contribution in [0.25, 0.3) is 0 Å². The standard InChI is InChI=1S/C24H20BrF3N2O2/c1-13-20(23(32)30-17-8-3-6-15(12-17)24(26,27)28)21(14-5-2-7-16(25)11-14)22-18(29-13)9-4-10-19(22)31/h2-3,5-8,11-12,21,29H,4,9-10H2,1H3,(H,30,32). The Morgan fingerprint density at radius 2 is 1.88 bits per heavy atom. The van der Waals surface area contributed by atoms with Crippen molar-refractivity contribution in [3.05, 3.63) is 86.7 Å². The number of dihydropyridines is 1. The highest BCUT2D eigenvalue weighted by molar-refractivity contribution is 9.10. The molecule has 2 N–H and O–H groups in total. The van der Waals surface area contributed by atoms with Crippen LogP contribution >= 0.6 is 15.9 Å². The van der Waals surface area contributed by atoms with Gasteiger partial charge in [-0.1, -0.05) is 34.1 Å². The lowest BCUT2D eigenvalue weighted by molar-refractivity contribution is -0.137. The fourth-order valence-electron chi connectivity index (χ4n) is 4.28. The van der Waals surface area contributed by atoms with Crippen molar-refractivity contribution in [3.8, 4) is 0 Å². The number of halogens is 4. The van der Waals surface area contributed by atoms with Gasteiger partial charge in [-0.05, 0) is 55.7 Å². The van der Waals surface area contributed by atoms with Crippen LogP contribution in [0.3, 0.4) is 0 Å². The van der Waals surface area contributed by atoms with Crippen LogP contribution < -0.4 is 10.6 Å². The molecule has 2 aromatic rings. The van der Waals surface area contributed by atoms with E-state index in [1.54, 1.807) is 6.92 Å². The molecule has 0 aromatic heterocycles. The molecule has 0 bridgehead atoms. The highest BCUT2D eigenvalue weighted by Crippen LogP contribution is 2.43. The van der Waals surface area contributed by atoms with Crippen molar-refractivity contribution >= 4 is 33.3 Å². The number of carbonyl (C=O) groups excluding carboxylic acids is 2. The second-order valence-corrected chi connectivity index (χ2v) is 8.77. The minimum atomic E-state index is -4.52. The third-order valence-electron chi connectivity index (χ3n) is 5.65. The molecule has 32 heavy (non-hydrogen) atoms. The molecule has 0 saturated heterocycles. The van der Waals surface area contributed by atoms with Crippen LogP contribution in [0.5, 0.6) is 0 Å². The van der Waals surface area contributed by atoms with Crippen molar-refractivity contribution in [2.45, 2.75) is 38.3 Å². The highest BCUT2D eigenvalue weighted by Gasteiger charge is 2.38. The topological polar surface area (TPSA) is 58.2 Å². The molecule has 166 valence electrons. The maximum absolute atomic E-state index is 13.4. The Bertz CT molecular complexity index is 1170. The maximum atomic E-state index is 13.4. The van der Waals surface area contributed by atoms with Crippen LogP contribution in [0, 0.1) is 0 Å². The van der Waals surface area contributed by atoms with Crippen molar-refractivity contribution < 1.29 is 22.8 Å². The lowest BCUT2D eigenvalue weighted by Gasteiger charge is -2.34. The van der Waals surface area contributed by atoms with Gasteiger partial charge in [-0.15, -0.1) is 0 Å². The fourth-order valence-corrected chi connectivity index (χ4v) is 4.69. The molecule has 1 amide bonds. The normalized spacial score (nSPS) is 18.9. The summed E-state index contributed by atoms with van der Waals surface area (Å²) in [5.41, 5.74) is 2.19. The summed E-state index contributed by atoms with van der Waals surface area (Å²) in [6.45, 7) is 1.74. The van der Waals surface area contributed by atoms with Gasteiger partial charge in [0, 0.05) is 45.0 Å². The van der Waals surface area contributed by atoms with E-state index in [2.05, 4.69) is 26.6 Å². The first-order chi connectivity index (χ1) is 15.1. The largest absolute Gasteiger partial charge is 0.416 e. The second-order valence-electron chi connectivity index (χ2n) is 7.85. The van der Waals surface area contributed by atoms with Gasteiger partial charge in [-0.2, -0.15) is 13.2 Å². The fraction of sp³-hybridized carbons (Fsp3) is 0.250. The molecule has 0 spiro atoms. The lowest BCUT2D eigenvalue weighted by Crippen LogP contribution is -2.35. The van der Waals surface area contributed by atoms with Crippen LogP contribution in [-0.4, -0.2) is 11.7 Å². The van der Waals surface area contributed by atoms with Crippen LogP contribution in [0.15, 0.2) is 75.5 Å². The molecule has 4 rings (SSSR count). The van der Waals surface area contributed by atoms with Gasteiger partial charge in [0.15, 0.2) is 5.78 Å². The third-order valence-corrected chi connectivity index (χ3v) is 6.14. The van der Waals surface area contributed by atoms with E-state index in [0.717, 1.165) is 34.3 Å². The molecule has 8 heteroatoms. The number of amides is 1. The molecule has 1 heterocycles. The van der Waals surface area contributed by atoms with Gasteiger partial charge in [0.2, 0.25) is 0 Å². The van der Waals surface area contributed by atoms with Gasteiger partial charge in [0.1, 0.15) is 0 Å². The number of Topliss-reactive ketones (excluding diaryl/α,β-unsaturated/α-hetero) is 1. The Morgan fingerprint density at radius 3 is 2.59 bits per heavy atom. The van der Waals surface area contributed by atoms with E-state index in [0.29, 0.717) is 29.7 Å². The van der Waals surface area contributed by atoms with E-state index in [1.807, 2.05) is 24.3 Å². The molecular weight excluding hydrogens is 485 g/mol. The molecule has 1 atom stereocenters. The molecule has 0 saturated carbocycles. The Hall–Kier alpha value is -2.87. The zero-order valence-electron chi connectivity index (χ0n) is 17.1. The van der Waals surface area contributed by atoms with Crippen LogP contribution in [0.4, 0.5) is 18.9 Å². The number of rotatable bonds is 3. The lowest BCUT2D eigenvalue weighted by atomic mass is 9.75. The molecule has 1 aliphatic heterocycles. The third kappa shape index (κ3) is 4.37. The predicted octanol–water partition coefficient (Wildman–Crippen LogP) is 6.07. The average Bonchev–Trinajstić information content (AvgIpc) is 2.72. The number of ketones is 1. The van der Waals surface area contributed by atoms with Crippen molar-refractivity contribution in [2.75, 3.05) is 5.32 Å². The summed E-state index contributed by atoms with van der Waals surface area (Å²) in [6.07, 6.45) is -2.69. The first-order valence-electron chi connectivity index (χ1n) is 10.1. The first kappa shape index (κ1) is 22.3. The maximum Gasteiger partial charge on any atom is 0.416 e. The second kappa shape index (κ2) is 8.58. The number of allylic oxidation sites excluding steroid dienone is 3. The summed E-state index contributed by atoms with van der Waals surface area (Å²) >= 11 is 3.44. The van der Waals surface area contributed by atoms with Crippen molar-refractivity contribution in [1.82, 2.24) is 5.32 Å². The number of anilines is 1. The quantitative estimate of drug-likeness (QED) is 0.532. The van der Waals surface area contributed by atoms with E-state index in [-0.39, 0.29) is 11.5 Å². The van der Waals surface area contributed by atoms with E-state index in [1.165, 1.54) is 12.1 Å². The number of hydrogen-bond acceptors (Lipinski definition) is 3. The van der Waals surface area contributed by atoms with Crippen LogP contribution in [0.2, 0.25) is 0 Å². The minimum absolute atomic E-state index is 0.0272. The summed E-state index contributed by atoms with van der Waals surface area (Å²) in [7, 11) is 0. The zero-order chi connectivity index (χ0) is 23.0. The zero-order valence-corrected chi connectivity index (χ0v) is 18.7. The summed E-state index contributed by atoms with van der Waals surface area (Å²) in [5.74, 6) is -1.19. The Labute approximate surface area is 191 Å². The van der Waals surface area contributed by atoms with Gasteiger partial charge >= 0.3 is 6.18 Å². The first-order valence-corrected chi connectivity index (χ1v) is 10.9. The monoisotopic (exact) mass is 504 g/mol. The molecule has 2 aromatic carbocycles. The number of benzene rings is 2. The summed E-state index contributed by atoms with van der Waals surface area (Å²) in [5, 5.41) is 5.80. The smallest absolute Gasteiger partial charge is 0.362 e. The van der Waals surface area contributed by atoms with Gasteiger partial charge < -0.3 is 10.6 Å². The van der Waals surface area contributed by atoms with Gasteiger partial charge in [-0.25, -0.2) is 0 Å². The van der Waals surface area contributed by atoms with Crippen LogP contribution in [-0.2, 0) is 15.8 Å². The molecule has 0 fully saturated rings. The molecule has 1 unspecified atom stereocenters. The van der Waals surface area contributed by atoms with Crippen molar-refractivity contribution in [1.29, 1.82) is 0 Å². The van der Waals surface area contributed by atoms with E-state index >= 15 is 0 Å². The van der Waals surface area contributed by atoms with E-state index < -0.39 is 23.6 Å². The van der Waals surface area contributed by atoms with E-state index in [9.17, 15) is 22.8 Å². The highest BCUT2D eigenvalue weighted by atomic mass is 79.9. The molecular formula is C24H20BrF3N2O2. The number of hydrogen-bond donors (Lipinski definition) is 2. The van der Waals surface area contributed by atoms with Gasteiger partial charge in [0.05, 0.1) is 5.56 Å². The Kier molecular flexibility index (Phi) is 5.99. The Balaban J connectivity index is 1.76. The summed E-state index contributed by atoms with van der Waals surface area (Å²) < 4.78 is 40.1. The van der Waals surface area contributed by atoms with Gasteiger partial charge in [-0.3, -0.25) is 9.59 Å². The number of carbonyl (C=O) groups is 2. The number of nitrogens with one attached hydrogen (secondary N) is 2. The molecule has 2 aliphatic rings. The van der Waals surface area contributed by atoms with Crippen LogP contribution in [0.1, 0.15) is 43.2 Å². The Morgan fingerprint density at radius 1 is 1.12 bits per heavy atom. The number of alkyl halides is 3. The summed E-state index contributed by atoms with van der Waals surface area (Å²) in [4.78, 5) is 26.2. The molecule has 0 radical (unpaired) electrons. The van der Waals surface area contributed by atoms with Gasteiger partial charge in [0.25, 0.3) is 5.91 Å². The van der Waals surface area contributed by atoms with Crippen molar-refractivity contribution in [3.63, 3.8) is 0 Å². The molecule has 4 nitrogen and oxygen atoms in total. The average molecular weight is 505 g/mol. The summed E-state index contributed by atoms with van der Waals surface area (Å²) in [6, 6.07) is 11.9. The van der Waals surface area contributed by atoms with Crippen molar-refractivity contribution in [2.24, 2.45) is 0 Å². The predicted molar refractivity (Wildman–Crippen MR) is 119 cm³/mol. The van der Waals surface area contributed by atoms with E-state index in [4.69, 9.17) is 0 Å². The SMILES string of the molecule is CC1=C(C(=O)Nc2cccc(C(F)(F)F)c2)C(c2cccc(Br)c2)C2=C(CCCC2=O)N1.